The first-order valence-electron chi connectivity index (χ1n) is 7.13. The van der Waals surface area contributed by atoms with Gasteiger partial charge in [0.2, 0.25) is 0 Å². The Balaban J connectivity index is 0.000000558. The number of carbonyl (C=O) groups is 2. The molecule has 6 nitrogen and oxygen atoms in total. The summed E-state index contributed by atoms with van der Waals surface area (Å²) in [5.74, 6) is -1.77. The fourth-order valence-corrected chi connectivity index (χ4v) is 1.83. The number of fused-ring (bicyclic) bond motifs is 1. The first-order chi connectivity index (χ1) is 11.2. The van der Waals surface area contributed by atoms with E-state index in [0.29, 0.717) is 5.39 Å². The molecule has 2 aromatic rings. The number of rotatable bonds is 2. The minimum atomic E-state index is -0.833. The molecular weight excluding hydrogens is 312 g/mol. The van der Waals surface area contributed by atoms with Crippen molar-refractivity contribution < 1.29 is 30.0 Å². The van der Waals surface area contributed by atoms with Gasteiger partial charge in [-0.3, -0.25) is 9.59 Å². The standard InChI is InChI=1S/C14H14O2.2C2H4O2/c1-2-3-6-10-9-13(15)14(16)12-8-5-4-7-11(10)12;2*1-2(3)4/h2-5,7-9,15-16H,6H2,1H3;2*1H3,(H,3,4). The van der Waals surface area contributed by atoms with Gasteiger partial charge in [-0.1, -0.05) is 36.4 Å². The Morgan fingerprint density at radius 3 is 1.92 bits per heavy atom. The summed E-state index contributed by atoms with van der Waals surface area (Å²) in [6.07, 6.45) is 4.75. The fraction of sp³-hybridized carbons (Fsp3) is 0.222. The molecule has 0 amide bonds. The molecule has 0 aliphatic heterocycles. The number of phenols is 2. The van der Waals surface area contributed by atoms with Gasteiger partial charge in [0, 0.05) is 19.2 Å². The molecule has 2 rings (SSSR count). The van der Waals surface area contributed by atoms with Gasteiger partial charge in [-0.25, -0.2) is 0 Å². The van der Waals surface area contributed by atoms with Gasteiger partial charge in [0.25, 0.3) is 11.9 Å². The molecule has 0 aliphatic rings. The Labute approximate surface area is 140 Å². The molecule has 0 unspecified atom stereocenters. The lowest BCUT2D eigenvalue weighted by molar-refractivity contribution is -0.135. The molecule has 0 saturated carbocycles. The average molecular weight is 334 g/mol. The Hall–Kier alpha value is -3.02. The van der Waals surface area contributed by atoms with Crippen molar-refractivity contribution in [3.05, 3.63) is 48.0 Å². The van der Waals surface area contributed by atoms with Gasteiger partial charge < -0.3 is 20.4 Å². The quantitative estimate of drug-likeness (QED) is 0.493. The highest BCUT2D eigenvalue weighted by atomic mass is 16.4. The summed E-state index contributed by atoms with van der Waals surface area (Å²) in [5, 5.41) is 35.9. The third-order valence-corrected chi connectivity index (χ3v) is 2.66. The van der Waals surface area contributed by atoms with Crippen molar-refractivity contribution in [1.82, 2.24) is 0 Å². The second kappa shape index (κ2) is 10.7. The minimum Gasteiger partial charge on any atom is -0.504 e. The molecule has 0 fully saturated rings. The van der Waals surface area contributed by atoms with Crippen LogP contribution in [-0.4, -0.2) is 32.4 Å². The topological polar surface area (TPSA) is 115 Å². The molecule has 24 heavy (non-hydrogen) atoms. The van der Waals surface area contributed by atoms with Crippen LogP contribution in [0.5, 0.6) is 11.5 Å². The largest absolute Gasteiger partial charge is 0.504 e. The monoisotopic (exact) mass is 334 g/mol. The Bertz CT molecular complexity index is 699. The summed E-state index contributed by atoms with van der Waals surface area (Å²) in [5.41, 5.74) is 1.02. The molecule has 0 saturated heterocycles. The first kappa shape index (κ1) is 21.0. The maximum atomic E-state index is 9.74. The normalized spacial score (nSPS) is 9.62. The van der Waals surface area contributed by atoms with Crippen molar-refractivity contribution in [3.63, 3.8) is 0 Å². The first-order valence-corrected chi connectivity index (χ1v) is 7.13. The zero-order valence-corrected chi connectivity index (χ0v) is 13.9. The Kier molecular flexibility index (Phi) is 9.32. The highest BCUT2D eigenvalue weighted by Crippen LogP contribution is 2.36. The van der Waals surface area contributed by atoms with Gasteiger partial charge in [0.05, 0.1) is 0 Å². The van der Waals surface area contributed by atoms with Crippen LogP contribution in [0.1, 0.15) is 26.3 Å². The molecule has 0 bridgehead atoms. The van der Waals surface area contributed by atoms with Gasteiger partial charge in [0.1, 0.15) is 0 Å². The third-order valence-electron chi connectivity index (χ3n) is 2.66. The van der Waals surface area contributed by atoms with Crippen molar-refractivity contribution in [2.75, 3.05) is 0 Å². The van der Waals surface area contributed by atoms with E-state index in [0.717, 1.165) is 31.2 Å². The Morgan fingerprint density at radius 1 is 1.00 bits per heavy atom. The van der Waals surface area contributed by atoms with Gasteiger partial charge >= 0.3 is 0 Å². The zero-order chi connectivity index (χ0) is 18.7. The van der Waals surface area contributed by atoms with Gasteiger partial charge in [-0.2, -0.15) is 0 Å². The number of carboxylic acid groups (broad SMARTS) is 2. The summed E-state index contributed by atoms with van der Waals surface area (Å²) in [6, 6.07) is 9.16. The third kappa shape index (κ3) is 7.84. The van der Waals surface area contributed by atoms with Crippen LogP contribution in [0, 0.1) is 0 Å². The highest BCUT2D eigenvalue weighted by Gasteiger charge is 2.08. The molecule has 130 valence electrons. The summed E-state index contributed by atoms with van der Waals surface area (Å²) >= 11 is 0. The molecule has 6 heteroatoms. The van der Waals surface area contributed by atoms with Crippen LogP contribution in [0.15, 0.2) is 42.5 Å². The highest BCUT2D eigenvalue weighted by molar-refractivity contribution is 5.93. The predicted molar refractivity (Wildman–Crippen MR) is 92.4 cm³/mol. The van der Waals surface area contributed by atoms with Crippen LogP contribution in [0.2, 0.25) is 0 Å². The minimum absolute atomic E-state index is 0.0418. The molecule has 0 heterocycles. The lowest BCUT2D eigenvalue weighted by atomic mass is 10.0. The average Bonchev–Trinajstić information content (AvgIpc) is 2.48. The van der Waals surface area contributed by atoms with Crippen LogP contribution in [0.3, 0.4) is 0 Å². The van der Waals surface area contributed by atoms with Crippen LogP contribution in [0.4, 0.5) is 0 Å². The van der Waals surface area contributed by atoms with Crippen LogP contribution in [0.25, 0.3) is 10.8 Å². The van der Waals surface area contributed by atoms with Crippen molar-refractivity contribution >= 4 is 22.7 Å². The van der Waals surface area contributed by atoms with Crippen molar-refractivity contribution in [2.45, 2.75) is 27.2 Å². The smallest absolute Gasteiger partial charge is 0.300 e. The number of aromatic hydroxyl groups is 2. The molecule has 0 radical (unpaired) electrons. The van der Waals surface area contributed by atoms with Crippen LogP contribution < -0.4 is 0 Å². The maximum absolute atomic E-state index is 9.74. The molecule has 0 spiro atoms. The molecule has 0 aliphatic carbocycles. The van der Waals surface area contributed by atoms with E-state index < -0.39 is 11.9 Å². The number of phenolic OH excluding ortho intramolecular Hbond substituents is 2. The van der Waals surface area contributed by atoms with E-state index in [1.54, 1.807) is 6.07 Å². The number of allylic oxidation sites excluding steroid dienone is 2. The number of carboxylic acids is 2. The summed E-state index contributed by atoms with van der Waals surface area (Å²) in [6.45, 7) is 4.13. The lowest BCUT2D eigenvalue weighted by Crippen LogP contribution is -1.85. The molecule has 2 aromatic carbocycles. The summed E-state index contributed by atoms with van der Waals surface area (Å²) in [4.78, 5) is 18.0. The summed E-state index contributed by atoms with van der Waals surface area (Å²) in [7, 11) is 0. The molecule has 4 N–H and O–H groups in total. The predicted octanol–water partition coefficient (Wildman–Crippen LogP) is 3.55. The number of hydrogen-bond donors (Lipinski definition) is 4. The summed E-state index contributed by atoms with van der Waals surface area (Å²) < 4.78 is 0. The van der Waals surface area contributed by atoms with E-state index in [9.17, 15) is 10.2 Å². The van der Waals surface area contributed by atoms with Crippen molar-refractivity contribution in [3.8, 4) is 11.5 Å². The van der Waals surface area contributed by atoms with Gasteiger partial charge in [-0.05, 0) is 30.4 Å². The fourth-order valence-electron chi connectivity index (χ4n) is 1.83. The SMILES string of the molecule is CC(=O)O.CC(=O)O.CC=CCc1cc(O)c(O)c2ccccc12. The maximum Gasteiger partial charge on any atom is 0.300 e. The lowest BCUT2D eigenvalue weighted by Gasteiger charge is -2.08. The molecule has 0 atom stereocenters. The second-order valence-corrected chi connectivity index (χ2v) is 4.76. The van der Waals surface area contributed by atoms with E-state index in [1.807, 2.05) is 43.3 Å². The Morgan fingerprint density at radius 2 is 1.46 bits per heavy atom. The van der Waals surface area contributed by atoms with Gasteiger partial charge in [-0.15, -0.1) is 0 Å². The van der Waals surface area contributed by atoms with Crippen molar-refractivity contribution in [2.24, 2.45) is 0 Å². The van der Waals surface area contributed by atoms with E-state index in [1.165, 1.54) is 0 Å². The van der Waals surface area contributed by atoms with Crippen LogP contribution in [-0.2, 0) is 16.0 Å². The van der Waals surface area contributed by atoms with Crippen LogP contribution >= 0.6 is 0 Å². The van der Waals surface area contributed by atoms with Crippen molar-refractivity contribution in [1.29, 1.82) is 0 Å². The van der Waals surface area contributed by atoms with E-state index in [4.69, 9.17) is 19.8 Å². The van der Waals surface area contributed by atoms with E-state index >= 15 is 0 Å². The number of benzene rings is 2. The van der Waals surface area contributed by atoms with E-state index in [-0.39, 0.29) is 11.5 Å². The zero-order valence-electron chi connectivity index (χ0n) is 13.9. The van der Waals surface area contributed by atoms with E-state index in [2.05, 4.69) is 0 Å². The number of hydrogen-bond acceptors (Lipinski definition) is 4. The second-order valence-electron chi connectivity index (χ2n) is 4.76. The molecular formula is C18H22O6. The van der Waals surface area contributed by atoms with Gasteiger partial charge in [0.15, 0.2) is 11.5 Å². The molecule has 0 aromatic heterocycles. The number of aliphatic carboxylic acids is 2.